The number of nitrogens with one attached hydrogen (secondary N) is 1. The van der Waals surface area contributed by atoms with Crippen molar-refractivity contribution in [2.75, 3.05) is 12.3 Å². The standard InChI is InChI=1S/C22H25ClN4O/c1-3-4-10-25-22(28)17-7-5-6-16(11-17)12-18-14-27(26-15(18)2)19-8-9-21(24)20(23)13-19/h5-9,11,13-14H,3-4,10,12,24H2,1-2H3,(H,25,28). The van der Waals surface area contributed by atoms with E-state index in [9.17, 15) is 4.79 Å². The zero-order valence-corrected chi connectivity index (χ0v) is 17.0. The van der Waals surface area contributed by atoms with Gasteiger partial charge in [-0.15, -0.1) is 0 Å². The number of carbonyl (C=O) groups is 1. The summed E-state index contributed by atoms with van der Waals surface area (Å²) in [5.41, 5.74) is 11.0. The van der Waals surface area contributed by atoms with Crippen LogP contribution in [-0.4, -0.2) is 22.2 Å². The van der Waals surface area contributed by atoms with Crippen LogP contribution in [0, 0.1) is 6.92 Å². The molecule has 1 amide bonds. The van der Waals surface area contributed by atoms with E-state index >= 15 is 0 Å². The lowest BCUT2D eigenvalue weighted by molar-refractivity contribution is 0.0953. The van der Waals surface area contributed by atoms with Gasteiger partial charge >= 0.3 is 0 Å². The predicted molar refractivity (Wildman–Crippen MR) is 114 cm³/mol. The lowest BCUT2D eigenvalue weighted by Gasteiger charge is -2.06. The van der Waals surface area contributed by atoms with E-state index in [2.05, 4.69) is 17.3 Å². The molecule has 1 heterocycles. The number of aromatic nitrogens is 2. The number of halogens is 1. The van der Waals surface area contributed by atoms with Crippen LogP contribution >= 0.6 is 11.6 Å². The lowest BCUT2D eigenvalue weighted by atomic mass is 10.0. The summed E-state index contributed by atoms with van der Waals surface area (Å²) in [6, 6.07) is 13.2. The first-order valence-electron chi connectivity index (χ1n) is 9.45. The fourth-order valence-electron chi connectivity index (χ4n) is 2.98. The van der Waals surface area contributed by atoms with Crippen molar-refractivity contribution in [3.8, 4) is 5.69 Å². The van der Waals surface area contributed by atoms with Crippen molar-refractivity contribution < 1.29 is 4.79 Å². The van der Waals surface area contributed by atoms with E-state index in [-0.39, 0.29) is 5.91 Å². The first kappa shape index (κ1) is 20.0. The molecular formula is C22H25ClN4O. The van der Waals surface area contributed by atoms with E-state index in [1.165, 1.54) is 0 Å². The van der Waals surface area contributed by atoms with Gasteiger partial charge in [0, 0.05) is 24.7 Å². The van der Waals surface area contributed by atoms with Gasteiger partial charge in [-0.1, -0.05) is 37.1 Å². The summed E-state index contributed by atoms with van der Waals surface area (Å²) in [5, 5.41) is 8.06. The molecule has 0 aliphatic rings. The Hall–Kier alpha value is -2.79. The molecule has 3 rings (SSSR count). The normalized spacial score (nSPS) is 10.8. The largest absolute Gasteiger partial charge is 0.398 e. The second-order valence-electron chi connectivity index (χ2n) is 6.88. The average molecular weight is 397 g/mol. The molecule has 6 heteroatoms. The third-order valence-electron chi connectivity index (χ3n) is 4.65. The van der Waals surface area contributed by atoms with Gasteiger partial charge in [0.05, 0.1) is 22.1 Å². The molecular weight excluding hydrogens is 372 g/mol. The van der Waals surface area contributed by atoms with Crippen LogP contribution in [0.15, 0.2) is 48.7 Å². The maximum Gasteiger partial charge on any atom is 0.251 e. The molecule has 0 unspecified atom stereocenters. The number of hydrogen-bond acceptors (Lipinski definition) is 3. The monoisotopic (exact) mass is 396 g/mol. The van der Waals surface area contributed by atoms with E-state index in [1.54, 1.807) is 16.8 Å². The molecule has 0 fully saturated rings. The molecule has 0 radical (unpaired) electrons. The third-order valence-corrected chi connectivity index (χ3v) is 4.98. The van der Waals surface area contributed by atoms with Crippen LogP contribution in [0.4, 0.5) is 5.69 Å². The first-order valence-corrected chi connectivity index (χ1v) is 9.83. The molecule has 146 valence electrons. The van der Waals surface area contributed by atoms with E-state index < -0.39 is 0 Å². The quantitative estimate of drug-likeness (QED) is 0.455. The highest BCUT2D eigenvalue weighted by Crippen LogP contribution is 2.23. The summed E-state index contributed by atoms with van der Waals surface area (Å²) in [5.74, 6) is -0.0285. The van der Waals surface area contributed by atoms with E-state index in [0.29, 0.717) is 29.2 Å². The summed E-state index contributed by atoms with van der Waals surface area (Å²) < 4.78 is 1.80. The van der Waals surface area contributed by atoms with Gasteiger partial charge < -0.3 is 11.1 Å². The number of nitrogens with zero attached hydrogens (tertiary/aromatic N) is 2. The lowest BCUT2D eigenvalue weighted by Crippen LogP contribution is -2.24. The molecule has 3 aromatic rings. The zero-order chi connectivity index (χ0) is 20.1. The molecule has 0 saturated heterocycles. The van der Waals surface area contributed by atoms with Gasteiger partial charge in [0.1, 0.15) is 0 Å². The number of rotatable bonds is 7. The van der Waals surface area contributed by atoms with Gasteiger partial charge in [-0.05, 0) is 54.8 Å². The molecule has 0 aliphatic heterocycles. The molecule has 5 nitrogen and oxygen atoms in total. The van der Waals surface area contributed by atoms with Crippen LogP contribution in [0.1, 0.15) is 46.9 Å². The van der Waals surface area contributed by atoms with Crippen molar-refractivity contribution in [2.24, 2.45) is 0 Å². The first-order chi connectivity index (χ1) is 13.5. The van der Waals surface area contributed by atoms with Crippen molar-refractivity contribution in [1.82, 2.24) is 15.1 Å². The van der Waals surface area contributed by atoms with Crippen molar-refractivity contribution in [2.45, 2.75) is 33.1 Å². The van der Waals surface area contributed by atoms with Crippen LogP contribution in [0.5, 0.6) is 0 Å². The summed E-state index contributed by atoms with van der Waals surface area (Å²) in [7, 11) is 0. The van der Waals surface area contributed by atoms with Crippen molar-refractivity contribution >= 4 is 23.2 Å². The van der Waals surface area contributed by atoms with Gasteiger partial charge in [-0.2, -0.15) is 5.10 Å². The Kier molecular flexibility index (Phi) is 6.37. The molecule has 0 bridgehead atoms. The number of anilines is 1. The Labute approximate surface area is 170 Å². The smallest absolute Gasteiger partial charge is 0.251 e. The Morgan fingerprint density at radius 1 is 1.25 bits per heavy atom. The van der Waals surface area contributed by atoms with E-state index in [4.69, 9.17) is 17.3 Å². The minimum Gasteiger partial charge on any atom is -0.398 e. The van der Waals surface area contributed by atoms with Crippen LogP contribution in [-0.2, 0) is 6.42 Å². The Morgan fingerprint density at radius 3 is 2.82 bits per heavy atom. The fourth-order valence-corrected chi connectivity index (χ4v) is 3.16. The van der Waals surface area contributed by atoms with Crippen molar-refractivity contribution in [1.29, 1.82) is 0 Å². The molecule has 0 spiro atoms. The fraction of sp³-hybridized carbons (Fsp3) is 0.273. The van der Waals surface area contributed by atoms with Crippen LogP contribution in [0.3, 0.4) is 0 Å². The van der Waals surface area contributed by atoms with Crippen LogP contribution < -0.4 is 11.1 Å². The van der Waals surface area contributed by atoms with Gasteiger partial charge in [0.15, 0.2) is 0 Å². The SMILES string of the molecule is CCCCNC(=O)c1cccc(Cc2cn(-c3ccc(N)c(Cl)c3)nc2C)c1. The number of nitrogen functional groups attached to an aromatic ring is 1. The number of carbonyl (C=O) groups excluding carboxylic acids is 1. The summed E-state index contributed by atoms with van der Waals surface area (Å²) in [6.07, 6.45) is 4.73. The maximum atomic E-state index is 12.3. The van der Waals surface area contributed by atoms with Gasteiger partial charge in [0.2, 0.25) is 0 Å². The Balaban J connectivity index is 1.77. The number of aryl methyl sites for hydroxylation is 1. The summed E-state index contributed by atoms with van der Waals surface area (Å²) in [6.45, 7) is 4.79. The zero-order valence-electron chi connectivity index (χ0n) is 16.2. The number of hydrogen-bond donors (Lipinski definition) is 2. The highest BCUT2D eigenvalue weighted by molar-refractivity contribution is 6.33. The van der Waals surface area contributed by atoms with Crippen LogP contribution in [0.2, 0.25) is 5.02 Å². The number of amides is 1. The van der Waals surface area contributed by atoms with Crippen molar-refractivity contribution in [3.63, 3.8) is 0 Å². The molecule has 0 aliphatic carbocycles. The summed E-state index contributed by atoms with van der Waals surface area (Å²) in [4.78, 5) is 12.3. The highest BCUT2D eigenvalue weighted by Gasteiger charge is 2.10. The van der Waals surface area contributed by atoms with Gasteiger partial charge in [0.25, 0.3) is 5.91 Å². The summed E-state index contributed by atoms with van der Waals surface area (Å²) >= 11 is 6.13. The van der Waals surface area contributed by atoms with E-state index in [1.807, 2.05) is 43.5 Å². The third kappa shape index (κ3) is 4.73. The Bertz CT molecular complexity index is 980. The number of nitrogens with two attached hydrogens (primary N) is 1. The van der Waals surface area contributed by atoms with Gasteiger partial charge in [-0.3, -0.25) is 4.79 Å². The molecule has 1 aromatic heterocycles. The molecule has 0 atom stereocenters. The van der Waals surface area contributed by atoms with Gasteiger partial charge in [-0.25, -0.2) is 4.68 Å². The second-order valence-corrected chi connectivity index (χ2v) is 7.28. The highest BCUT2D eigenvalue weighted by atomic mass is 35.5. The minimum atomic E-state index is -0.0285. The average Bonchev–Trinajstić information content (AvgIpc) is 3.04. The number of benzene rings is 2. The maximum absolute atomic E-state index is 12.3. The molecule has 3 N–H and O–H groups in total. The molecule has 28 heavy (non-hydrogen) atoms. The predicted octanol–water partition coefficient (Wildman–Crippen LogP) is 4.54. The second kappa shape index (κ2) is 8.93. The number of unbranched alkanes of at least 4 members (excludes halogenated alkanes) is 1. The topological polar surface area (TPSA) is 72.9 Å². The van der Waals surface area contributed by atoms with Crippen LogP contribution in [0.25, 0.3) is 5.69 Å². The molecule has 0 saturated carbocycles. The van der Waals surface area contributed by atoms with Crippen molar-refractivity contribution in [3.05, 3.63) is 76.1 Å². The van der Waals surface area contributed by atoms with E-state index in [0.717, 1.165) is 35.3 Å². The Morgan fingerprint density at radius 2 is 2.07 bits per heavy atom. The molecule has 2 aromatic carbocycles. The minimum absolute atomic E-state index is 0.0285.